The van der Waals surface area contributed by atoms with Crippen LogP contribution in [-0.4, -0.2) is 50.7 Å². The van der Waals surface area contributed by atoms with E-state index in [4.69, 9.17) is 0 Å². The van der Waals surface area contributed by atoms with E-state index < -0.39 is 0 Å². The molecule has 4 rings (SSSR count). The lowest BCUT2D eigenvalue weighted by Gasteiger charge is -2.38. The van der Waals surface area contributed by atoms with Gasteiger partial charge in [-0.2, -0.15) is 0 Å². The van der Waals surface area contributed by atoms with Gasteiger partial charge in [-0.1, -0.05) is 30.3 Å². The first-order valence-electron chi connectivity index (χ1n) is 9.93. The number of halogens is 1. The molecule has 6 heteroatoms. The number of carbonyl (C=O) groups is 1. The van der Waals surface area contributed by atoms with Gasteiger partial charge in [-0.3, -0.25) is 4.90 Å². The molecular weight excluding hydrogens is 355 g/mol. The van der Waals surface area contributed by atoms with Gasteiger partial charge in [0.25, 0.3) is 0 Å². The maximum absolute atomic E-state index is 14.1. The summed E-state index contributed by atoms with van der Waals surface area (Å²) in [6.45, 7) is 4.59. The molecule has 2 aliphatic heterocycles. The minimum absolute atomic E-state index is 0.0486. The van der Waals surface area contributed by atoms with Crippen molar-refractivity contribution in [2.24, 2.45) is 5.92 Å². The number of nitrogens with one attached hydrogen (secondary N) is 1. The third kappa shape index (κ3) is 3.97. The summed E-state index contributed by atoms with van der Waals surface area (Å²) in [6.07, 6.45) is 1.13. The molecule has 0 radical (unpaired) electrons. The fraction of sp³-hybridized carbons (Fsp3) is 0.409. The van der Waals surface area contributed by atoms with Crippen molar-refractivity contribution in [1.82, 2.24) is 10.2 Å². The number of para-hydroxylation sites is 2. The van der Waals surface area contributed by atoms with Gasteiger partial charge in [0.05, 0.1) is 11.4 Å². The van der Waals surface area contributed by atoms with E-state index in [0.29, 0.717) is 37.7 Å². The van der Waals surface area contributed by atoms with Gasteiger partial charge < -0.3 is 15.1 Å². The van der Waals surface area contributed by atoms with Crippen LogP contribution in [-0.2, 0) is 6.54 Å². The molecular formula is C22H27FN4O. The fourth-order valence-corrected chi connectivity index (χ4v) is 4.15. The van der Waals surface area contributed by atoms with E-state index in [1.165, 1.54) is 6.07 Å². The Labute approximate surface area is 165 Å². The highest BCUT2D eigenvalue weighted by molar-refractivity contribution is 5.96. The number of anilines is 2. The minimum atomic E-state index is -0.193. The number of rotatable bonds is 4. The summed E-state index contributed by atoms with van der Waals surface area (Å²) in [6, 6.07) is 14.7. The number of carbonyl (C=O) groups excluding carboxylic acids is 1. The van der Waals surface area contributed by atoms with Crippen molar-refractivity contribution in [3.8, 4) is 0 Å². The topological polar surface area (TPSA) is 38.8 Å². The lowest BCUT2D eigenvalue weighted by molar-refractivity contribution is 0.244. The Bertz CT molecular complexity index is 843. The molecule has 1 fully saturated rings. The van der Waals surface area contributed by atoms with E-state index in [1.807, 2.05) is 41.3 Å². The van der Waals surface area contributed by atoms with Gasteiger partial charge >= 0.3 is 6.03 Å². The second-order valence-electron chi connectivity index (χ2n) is 7.76. The van der Waals surface area contributed by atoms with Gasteiger partial charge in [0.2, 0.25) is 0 Å². The Balaban J connectivity index is 1.46. The minimum Gasteiger partial charge on any atom is -0.364 e. The maximum Gasteiger partial charge on any atom is 0.322 e. The van der Waals surface area contributed by atoms with E-state index in [2.05, 4.69) is 22.2 Å². The summed E-state index contributed by atoms with van der Waals surface area (Å²) >= 11 is 0. The first-order chi connectivity index (χ1) is 13.6. The molecule has 2 aliphatic rings. The molecule has 2 heterocycles. The highest BCUT2D eigenvalue weighted by Crippen LogP contribution is 2.34. The van der Waals surface area contributed by atoms with Crippen molar-refractivity contribution in [3.63, 3.8) is 0 Å². The second-order valence-corrected chi connectivity index (χ2v) is 7.76. The van der Waals surface area contributed by atoms with Crippen LogP contribution in [0.3, 0.4) is 0 Å². The molecule has 0 saturated carbocycles. The normalized spacial score (nSPS) is 19.6. The fourth-order valence-electron chi connectivity index (χ4n) is 4.15. The second kappa shape index (κ2) is 8.19. The predicted octanol–water partition coefficient (Wildman–Crippen LogP) is 3.31. The van der Waals surface area contributed by atoms with Crippen molar-refractivity contribution < 1.29 is 9.18 Å². The van der Waals surface area contributed by atoms with Gasteiger partial charge in [0, 0.05) is 38.3 Å². The molecule has 0 aliphatic carbocycles. The first-order valence-corrected chi connectivity index (χ1v) is 9.93. The molecule has 1 saturated heterocycles. The van der Waals surface area contributed by atoms with Crippen LogP contribution in [0.1, 0.15) is 12.0 Å². The molecule has 1 unspecified atom stereocenters. The van der Waals surface area contributed by atoms with E-state index in [1.54, 1.807) is 6.07 Å². The van der Waals surface area contributed by atoms with Crippen LogP contribution in [0, 0.1) is 11.7 Å². The molecule has 0 spiro atoms. The SMILES string of the molecule is CN1CCC(CNC(=O)N2CCN(Cc3ccccc3F)c3ccccc32)C1. The van der Waals surface area contributed by atoms with Crippen LogP contribution in [0.4, 0.5) is 20.6 Å². The molecule has 148 valence electrons. The van der Waals surface area contributed by atoms with Crippen molar-refractivity contribution in [2.45, 2.75) is 13.0 Å². The Morgan fingerprint density at radius 2 is 1.82 bits per heavy atom. The van der Waals surface area contributed by atoms with Gasteiger partial charge in [-0.15, -0.1) is 0 Å². The number of benzene rings is 2. The Hall–Kier alpha value is -2.60. The summed E-state index contributed by atoms with van der Waals surface area (Å²) in [7, 11) is 2.12. The molecule has 2 aromatic carbocycles. The zero-order valence-corrected chi connectivity index (χ0v) is 16.3. The Kier molecular flexibility index (Phi) is 5.48. The Morgan fingerprint density at radius 3 is 2.57 bits per heavy atom. The average molecular weight is 382 g/mol. The van der Waals surface area contributed by atoms with Crippen LogP contribution in [0.15, 0.2) is 48.5 Å². The first kappa shape index (κ1) is 18.7. The van der Waals surface area contributed by atoms with E-state index in [9.17, 15) is 9.18 Å². The zero-order chi connectivity index (χ0) is 19.5. The zero-order valence-electron chi connectivity index (χ0n) is 16.3. The monoisotopic (exact) mass is 382 g/mol. The van der Waals surface area contributed by atoms with Gasteiger partial charge in [0.1, 0.15) is 5.82 Å². The molecule has 5 nitrogen and oxygen atoms in total. The lowest BCUT2D eigenvalue weighted by atomic mass is 10.1. The average Bonchev–Trinajstić information content (AvgIpc) is 3.13. The van der Waals surface area contributed by atoms with Gasteiger partial charge in [0.15, 0.2) is 0 Å². The molecule has 1 N–H and O–H groups in total. The molecule has 0 bridgehead atoms. The van der Waals surface area contributed by atoms with Crippen molar-refractivity contribution in [1.29, 1.82) is 0 Å². The van der Waals surface area contributed by atoms with Crippen LogP contribution in [0.25, 0.3) is 0 Å². The van der Waals surface area contributed by atoms with Crippen molar-refractivity contribution in [2.75, 3.05) is 49.6 Å². The van der Waals surface area contributed by atoms with Crippen molar-refractivity contribution in [3.05, 3.63) is 59.9 Å². The molecule has 0 aromatic heterocycles. The predicted molar refractivity (Wildman–Crippen MR) is 110 cm³/mol. The number of amides is 2. The lowest BCUT2D eigenvalue weighted by Crippen LogP contribution is -2.49. The van der Waals surface area contributed by atoms with Gasteiger partial charge in [-0.05, 0) is 44.1 Å². The smallest absolute Gasteiger partial charge is 0.322 e. The number of hydrogen-bond donors (Lipinski definition) is 1. The third-order valence-corrected chi connectivity index (χ3v) is 5.70. The van der Waals surface area contributed by atoms with Crippen molar-refractivity contribution >= 4 is 17.4 Å². The Morgan fingerprint density at radius 1 is 1.07 bits per heavy atom. The summed E-state index contributed by atoms with van der Waals surface area (Å²) in [4.78, 5) is 19.1. The molecule has 2 amide bonds. The quantitative estimate of drug-likeness (QED) is 0.882. The maximum atomic E-state index is 14.1. The highest BCUT2D eigenvalue weighted by atomic mass is 19.1. The number of fused-ring (bicyclic) bond motifs is 1. The third-order valence-electron chi connectivity index (χ3n) is 5.70. The number of likely N-dealkylation sites (tertiary alicyclic amines) is 1. The van der Waals surface area contributed by atoms with Crippen LogP contribution in [0.5, 0.6) is 0 Å². The number of hydrogen-bond acceptors (Lipinski definition) is 3. The molecule has 2 aromatic rings. The van der Waals surface area contributed by atoms with Crippen LogP contribution >= 0.6 is 0 Å². The summed E-state index contributed by atoms with van der Waals surface area (Å²) < 4.78 is 14.1. The highest BCUT2D eigenvalue weighted by Gasteiger charge is 2.28. The van der Waals surface area contributed by atoms with Crippen LogP contribution < -0.4 is 15.1 Å². The standard InChI is InChI=1S/C22H27FN4O/c1-25-11-10-17(15-25)14-24-22(28)27-13-12-26(20-8-4-5-9-21(20)27)16-18-6-2-3-7-19(18)23/h2-9,17H,10-16H2,1H3,(H,24,28). The summed E-state index contributed by atoms with van der Waals surface area (Å²) in [5.41, 5.74) is 2.51. The number of nitrogens with zero attached hydrogens (tertiary/aromatic N) is 3. The van der Waals surface area contributed by atoms with E-state index >= 15 is 0 Å². The summed E-state index contributed by atoms with van der Waals surface area (Å²) in [5, 5.41) is 3.11. The molecule has 28 heavy (non-hydrogen) atoms. The van der Waals surface area contributed by atoms with Gasteiger partial charge in [-0.25, -0.2) is 9.18 Å². The van der Waals surface area contributed by atoms with E-state index in [-0.39, 0.29) is 11.8 Å². The largest absolute Gasteiger partial charge is 0.364 e. The van der Waals surface area contributed by atoms with E-state index in [0.717, 1.165) is 30.9 Å². The summed E-state index contributed by atoms with van der Waals surface area (Å²) in [5.74, 6) is 0.327. The number of urea groups is 1. The van der Waals surface area contributed by atoms with Crippen LogP contribution in [0.2, 0.25) is 0 Å². The molecule has 1 atom stereocenters.